The first-order chi connectivity index (χ1) is 19.7. The van der Waals surface area contributed by atoms with Gasteiger partial charge in [0.1, 0.15) is 5.75 Å². The van der Waals surface area contributed by atoms with Gasteiger partial charge in [-0.2, -0.15) is 0 Å². The lowest BCUT2D eigenvalue weighted by Crippen LogP contribution is -2.46. The van der Waals surface area contributed by atoms with E-state index in [0.717, 1.165) is 34.5 Å². The molecule has 2 aromatic rings. The number of benzene rings is 2. The van der Waals surface area contributed by atoms with Crippen LogP contribution in [0.1, 0.15) is 44.6 Å². The van der Waals surface area contributed by atoms with Crippen LogP contribution in [0.25, 0.3) is 6.08 Å². The fraction of sp³-hybridized carbons (Fsp3) is 0.400. The van der Waals surface area contributed by atoms with E-state index >= 15 is 0 Å². The highest BCUT2D eigenvalue weighted by Crippen LogP contribution is 2.51. The summed E-state index contributed by atoms with van der Waals surface area (Å²) in [6.45, 7) is 1.81. The van der Waals surface area contributed by atoms with Crippen LogP contribution in [0, 0.1) is 17.8 Å². The van der Waals surface area contributed by atoms with E-state index in [4.69, 9.17) is 4.65 Å². The number of allylic oxidation sites excluding steroid dienone is 1. The molecule has 11 heteroatoms. The molecular weight excluding hydrogens is 524 g/mol. The summed E-state index contributed by atoms with van der Waals surface area (Å²) in [5.74, 6) is -2.47. The SMILES string of the molecule is CCC/C(=C\c1cccc(O)c1)CC[C@H]1OB(O)C[C@H]2C1=C(CO)C[C@H]1C(=O)N(c3cccc(B(O)O)c3)C(=O)[C@H]12. The molecule has 0 unspecified atom stereocenters. The van der Waals surface area contributed by atoms with Crippen molar-refractivity contribution in [2.75, 3.05) is 11.5 Å². The third kappa shape index (κ3) is 5.91. The molecule has 3 aliphatic rings. The van der Waals surface area contributed by atoms with Crippen LogP contribution in [0.5, 0.6) is 5.75 Å². The first kappa shape index (κ1) is 29.3. The number of anilines is 1. The zero-order valence-corrected chi connectivity index (χ0v) is 23.0. The number of imide groups is 1. The predicted octanol–water partition coefficient (Wildman–Crippen LogP) is 2.03. The lowest BCUT2D eigenvalue weighted by Gasteiger charge is -2.43. The Balaban J connectivity index is 1.43. The average Bonchev–Trinajstić information content (AvgIpc) is 3.20. The zero-order chi connectivity index (χ0) is 29.3. The number of nitrogens with zero attached hydrogens (tertiary/aromatic N) is 1. The Kier molecular flexibility index (Phi) is 8.82. The van der Waals surface area contributed by atoms with Crippen LogP contribution in [-0.2, 0) is 14.2 Å². The molecule has 1 aliphatic carbocycles. The maximum absolute atomic E-state index is 13.8. The van der Waals surface area contributed by atoms with Gasteiger partial charge >= 0.3 is 14.2 Å². The molecule has 214 valence electrons. The molecule has 2 fully saturated rings. The summed E-state index contributed by atoms with van der Waals surface area (Å²) in [4.78, 5) is 28.5. The monoisotopic (exact) mass is 559 g/mol. The third-order valence-corrected chi connectivity index (χ3v) is 8.47. The summed E-state index contributed by atoms with van der Waals surface area (Å²) in [6.07, 6.45) is 4.82. The van der Waals surface area contributed by atoms with Gasteiger partial charge in [0, 0.05) is 0 Å². The summed E-state index contributed by atoms with van der Waals surface area (Å²) in [5, 5.41) is 50.2. The molecule has 41 heavy (non-hydrogen) atoms. The number of phenols is 1. The van der Waals surface area contributed by atoms with E-state index in [-0.39, 0.29) is 36.2 Å². The van der Waals surface area contributed by atoms with Crippen LogP contribution >= 0.6 is 0 Å². The van der Waals surface area contributed by atoms with Gasteiger partial charge in [-0.15, -0.1) is 0 Å². The molecule has 0 saturated carbocycles. The lowest BCUT2D eigenvalue weighted by atomic mass is 9.58. The number of fused-ring (bicyclic) bond motifs is 3. The fourth-order valence-corrected chi connectivity index (χ4v) is 6.75. The van der Waals surface area contributed by atoms with Gasteiger partial charge < -0.3 is 29.9 Å². The van der Waals surface area contributed by atoms with E-state index < -0.39 is 49.9 Å². The Morgan fingerprint density at radius 3 is 2.59 bits per heavy atom. The van der Waals surface area contributed by atoms with Crippen LogP contribution in [0.15, 0.2) is 65.3 Å². The van der Waals surface area contributed by atoms with Crippen molar-refractivity contribution in [1.82, 2.24) is 0 Å². The molecule has 9 nitrogen and oxygen atoms in total. The molecule has 2 saturated heterocycles. The Labute approximate surface area is 240 Å². The van der Waals surface area contributed by atoms with Gasteiger partial charge in [0.25, 0.3) is 0 Å². The quantitative estimate of drug-likeness (QED) is 0.178. The number of carbonyl (C=O) groups is 2. The minimum atomic E-state index is -1.75. The molecule has 2 heterocycles. The first-order valence-corrected chi connectivity index (χ1v) is 14.2. The third-order valence-electron chi connectivity index (χ3n) is 8.47. The van der Waals surface area contributed by atoms with Crippen molar-refractivity contribution in [2.45, 2.75) is 51.5 Å². The molecule has 2 amide bonds. The van der Waals surface area contributed by atoms with E-state index in [1.165, 1.54) is 12.1 Å². The average molecular weight is 559 g/mol. The second-order valence-electron chi connectivity index (χ2n) is 11.1. The Bertz CT molecular complexity index is 1380. The van der Waals surface area contributed by atoms with Crippen molar-refractivity contribution >= 4 is 43.3 Å². The van der Waals surface area contributed by atoms with Gasteiger partial charge in [-0.3, -0.25) is 14.5 Å². The van der Waals surface area contributed by atoms with Crippen molar-refractivity contribution < 1.29 is 39.5 Å². The molecule has 4 atom stereocenters. The minimum absolute atomic E-state index is 0.139. The van der Waals surface area contributed by atoms with Crippen LogP contribution in [-0.4, -0.2) is 64.0 Å². The van der Waals surface area contributed by atoms with Gasteiger partial charge in [0.2, 0.25) is 11.8 Å². The Hall–Kier alpha value is -3.21. The lowest BCUT2D eigenvalue weighted by molar-refractivity contribution is -0.122. The number of carbonyl (C=O) groups excluding carboxylic acids is 2. The second kappa shape index (κ2) is 12.3. The van der Waals surface area contributed by atoms with E-state index in [9.17, 15) is 34.9 Å². The maximum atomic E-state index is 13.8. The standard InChI is InChI=1S/C30H35B2NO8/c1-2-5-18(12-19-6-3-9-23(35)13-19)10-11-26-27-20(17-34)14-24-28(25(27)16-31(38)41-26)30(37)33(29(24)36)22-8-4-7-21(15-22)32(39)40/h3-4,6-9,12-13,15,24-26,28,34-35,38-40H,2,5,10-11,14,16-17H2,1H3/b18-12+/t24-,25+,26-,28-/m1/s1. The molecule has 0 bridgehead atoms. The van der Waals surface area contributed by atoms with Crippen molar-refractivity contribution in [3.63, 3.8) is 0 Å². The zero-order valence-electron chi connectivity index (χ0n) is 23.0. The second-order valence-corrected chi connectivity index (χ2v) is 11.1. The van der Waals surface area contributed by atoms with Gasteiger partial charge in [0.05, 0.1) is 30.2 Å². The van der Waals surface area contributed by atoms with Crippen molar-refractivity contribution in [3.05, 3.63) is 70.8 Å². The molecule has 0 aromatic heterocycles. The summed E-state index contributed by atoms with van der Waals surface area (Å²) in [5.41, 5.74) is 3.94. The van der Waals surface area contributed by atoms with E-state index in [1.807, 2.05) is 12.1 Å². The topological polar surface area (TPSA) is 148 Å². The van der Waals surface area contributed by atoms with Crippen molar-refractivity contribution in [2.24, 2.45) is 17.8 Å². The molecule has 0 spiro atoms. The van der Waals surface area contributed by atoms with Crippen LogP contribution < -0.4 is 10.4 Å². The highest BCUT2D eigenvalue weighted by Gasteiger charge is 2.57. The van der Waals surface area contributed by atoms with Gasteiger partial charge in [0.15, 0.2) is 0 Å². The highest BCUT2D eigenvalue weighted by molar-refractivity contribution is 6.58. The first-order valence-electron chi connectivity index (χ1n) is 14.2. The van der Waals surface area contributed by atoms with E-state index in [1.54, 1.807) is 30.3 Å². The van der Waals surface area contributed by atoms with Crippen LogP contribution in [0.2, 0.25) is 6.32 Å². The van der Waals surface area contributed by atoms with Crippen LogP contribution in [0.4, 0.5) is 5.69 Å². The number of aliphatic hydroxyl groups is 1. The van der Waals surface area contributed by atoms with Crippen molar-refractivity contribution in [1.29, 1.82) is 0 Å². The Morgan fingerprint density at radius 2 is 1.88 bits per heavy atom. The maximum Gasteiger partial charge on any atom is 0.488 e. The van der Waals surface area contributed by atoms with Gasteiger partial charge in [-0.1, -0.05) is 49.3 Å². The number of aliphatic hydroxyl groups excluding tert-OH is 1. The summed E-state index contributed by atoms with van der Waals surface area (Å²) in [6, 6.07) is 13.1. The smallest absolute Gasteiger partial charge is 0.488 e. The predicted molar refractivity (Wildman–Crippen MR) is 156 cm³/mol. The molecule has 5 rings (SSSR count). The summed E-state index contributed by atoms with van der Waals surface area (Å²) < 4.78 is 6.00. The molecule has 2 aromatic carbocycles. The van der Waals surface area contributed by atoms with E-state index in [2.05, 4.69) is 6.92 Å². The molecule has 2 aliphatic heterocycles. The summed E-state index contributed by atoms with van der Waals surface area (Å²) in [7, 11) is -2.87. The number of rotatable bonds is 9. The fourth-order valence-electron chi connectivity index (χ4n) is 6.75. The molecular formula is C30H35B2NO8. The van der Waals surface area contributed by atoms with Crippen LogP contribution in [0.3, 0.4) is 0 Å². The number of aromatic hydroxyl groups is 1. The number of hydrogen-bond acceptors (Lipinski definition) is 8. The number of hydrogen-bond donors (Lipinski definition) is 5. The number of phenolic OH excluding ortho intramolecular Hbond substituents is 1. The minimum Gasteiger partial charge on any atom is -0.508 e. The molecule has 0 radical (unpaired) electrons. The van der Waals surface area contributed by atoms with E-state index in [0.29, 0.717) is 18.4 Å². The van der Waals surface area contributed by atoms with Gasteiger partial charge in [-0.25, -0.2) is 0 Å². The largest absolute Gasteiger partial charge is 0.508 e. The molecule has 5 N–H and O–H groups in total. The highest BCUT2D eigenvalue weighted by atomic mass is 16.5. The van der Waals surface area contributed by atoms with Crippen molar-refractivity contribution in [3.8, 4) is 5.75 Å². The van der Waals surface area contributed by atoms with Gasteiger partial charge in [-0.05, 0) is 84.4 Å². The normalized spacial score (nSPS) is 24.6. The Morgan fingerprint density at radius 1 is 1.10 bits per heavy atom. The number of amides is 2. The summed E-state index contributed by atoms with van der Waals surface area (Å²) >= 11 is 0.